The van der Waals surface area contributed by atoms with Crippen molar-refractivity contribution in [2.75, 3.05) is 6.61 Å². The van der Waals surface area contributed by atoms with Crippen molar-refractivity contribution in [3.8, 4) is 17.0 Å². The van der Waals surface area contributed by atoms with Crippen LogP contribution in [0.5, 0.6) is 5.75 Å². The molecule has 1 amide bonds. The first-order valence-corrected chi connectivity index (χ1v) is 10.8. The Bertz CT molecular complexity index is 1220. The fourth-order valence-corrected chi connectivity index (χ4v) is 3.83. The summed E-state index contributed by atoms with van der Waals surface area (Å²) in [5, 5.41) is 3.97. The number of rotatable bonds is 8. The third kappa shape index (κ3) is 4.40. The molecule has 0 aliphatic heterocycles. The Morgan fingerprint density at radius 2 is 1.66 bits per heavy atom. The SMILES string of the molecule is C=CCOc1c(-c2ccccc2)nc2ccccc2c1C(=O)NC(CC)c1ccccc1. The molecule has 4 nitrogen and oxygen atoms in total. The van der Waals surface area contributed by atoms with Crippen molar-refractivity contribution in [2.24, 2.45) is 0 Å². The number of nitrogens with one attached hydrogen (secondary N) is 1. The van der Waals surface area contributed by atoms with Gasteiger partial charge in [0.2, 0.25) is 0 Å². The van der Waals surface area contributed by atoms with Gasteiger partial charge in [0.05, 0.1) is 17.1 Å². The molecule has 1 atom stereocenters. The number of carbonyl (C=O) groups is 1. The summed E-state index contributed by atoms with van der Waals surface area (Å²) in [5.74, 6) is 0.283. The summed E-state index contributed by atoms with van der Waals surface area (Å²) in [4.78, 5) is 18.6. The van der Waals surface area contributed by atoms with Crippen molar-refractivity contribution in [2.45, 2.75) is 19.4 Å². The van der Waals surface area contributed by atoms with E-state index in [-0.39, 0.29) is 18.6 Å². The average molecular weight is 423 g/mol. The standard InChI is InChI=1S/C28H26N2O2/c1-3-19-32-27-25(28(31)30-23(4-2)20-13-7-5-8-14-20)22-17-11-12-18-24(22)29-26(27)21-15-9-6-10-16-21/h3,5-18,23H,1,4,19H2,2H3,(H,30,31). The number of aromatic nitrogens is 1. The first kappa shape index (κ1) is 21.3. The minimum atomic E-state index is -0.185. The zero-order valence-corrected chi connectivity index (χ0v) is 18.1. The monoisotopic (exact) mass is 422 g/mol. The van der Waals surface area contributed by atoms with Crippen molar-refractivity contribution in [3.63, 3.8) is 0 Å². The Morgan fingerprint density at radius 3 is 2.34 bits per heavy atom. The molecule has 1 N–H and O–H groups in total. The van der Waals surface area contributed by atoms with Crippen molar-refractivity contribution in [3.05, 3.63) is 109 Å². The van der Waals surface area contributed by atoms with Crippen LogP contribution in [-0.4, -0.2) is 17.5 Å². The van der Waals surface area contributed by atoms with Gasteiger partial charge in [-0.2, -0.15) is 0 Å². The Kier molecular flexibility index (Phi) is 6.61. The van der Waals surface area contributed by atoms with Gasteiger partial charge in [0.1, 0.15) is 12.3 Å². The molecule has 160 valence electrons. The summed E-state index contributed by atoms with van der Waals surface area (Å²) in [7, 11) is 0. The van der Waals surface area contributed by atoms with Crippen molar-refractivity contribution < 1.29 is 9.53 Å². The lowest BCUT2D eigenvalue weighted by Gasteiger charge is -2.21. The molecule has 1 unspecified atom stereocenters. The highest BCUT2D eigenvalue weighted by Crippen LogP contribution is 2.37. The first-order valence-electron chi connectivity index (χ1n) is 10.8. The van der Waals surface area contributed by atoms with E-state index in [0.717, 1.165) is 28.5 Å². The van der Waals surface area contributed by atoms with Crippen LogP contribution in [0.2, 0.25) is 0 Å². The van der Waals surface area contributed by atoms with E-state index in [9.17, 15) is 4.79 Å². The van der Waals surface area contributed by atoms with Gasteiger partial charge in [0.15, 0.2) is 5.75 Å². The normalized spacial score (nSPS) is 11.7. The number of amides is 1. The second-order valence-corrected chi connectivity index (χ2v) is 7.49. The highest BCUT2D eigenvalue weighted by atomic mass is 16.5. The maximum Gasteiger partial charge on any atom is 0.256 e. The van der Waals surface area contributed by atoms with Crippen molar-refractivity contribution in [1.29, 1.82) is 0 Å². The molecule has 0 fully saturated rings. The van der Waals surface area contributed by atoms with E-state index in [4.69, 9.17) is 9.72 Å². The van der Waals surface area contributed by atoms with Gasteiger partial charge in [0, 0.05) is 10.9 Å². The molecule has 0 aliphatic carbocycles. The number of hydrogen-bond donors (Lipinski definition) is 1. The van der Waals surface area contributed by atoms with Crippen LogP contribution in [0.4, 0.5) is 0 Å². The number of hydrogen-bond acceptors (Lipinski definition) is 3. The molecule has 4 rings (SSSR count). The van der Waals surface area contributed by atoms with Gasteiger partial charge in [-0.15, -0.1) is 0 Å². The maximum absolute atomic E-state index is 13.7. The molecule has 0 saturated carbocycles. The number of benzene rings is 3. The van der Waals surface area contributed by atoms with Crippen LogP contribution >= 0.6 is 0 Å². The van der Waals surface area contributed by atoms with E-state index in [0.29, 0.717) is 17.0 Å². The fourth-order valence-electron chi connectivity index (χ4n) is 3.83. The van der Waals surface area contributed by atoms with Crippen LogP contribution in [0.15, 0.2) is 97.6 Å². The first-order chi connectivity index (χ1) is 15.7. The lowest BCUT2D eigenvalue weighted by Crippen LogP contribution is -2.29. The van der Waals surface area contributed by atoms with Gasteiger partial charge in [-0.05, 0) is 18.1 Å². The maximum atomic E-state index is 13.7. The molecule has 1 heterocycles. The summed E-state index contributed by atoms with van der Waals surface area (Å²) in [6.45, 7) is 6.11. The predicted molar refractivity (Wildman–Crippen MR) is 130 cm³/mol. The lowest BCUT2D eigenvalue weighted by atomic mass is 10.00. The molecule has 0 spiro atoms. The minimum Gasteiger partial charge on any atom is -0.486 e. The Hall–Kier alpha value is -3.92. The summed E-state index contributed by atoms with van der Waals surface area (Å²) < 4.78 is 6.08. The Labute approximate surface area is 188 Å². The molecule has 0 aliphatic rings. The van der Waals surface area contributed by atoms with E-state index in [1.165, 1.54) is 0 Å². The van der Waals surface area contributed by atoms with Crippen LogP contribution < -0.4 is 10.1 Å². The van der Waals surface area contributed by atoms with Crippen LogP contribution in [0.25, 0.3) is 22.2 Å². The van der Waals surface area contributed by atoms with E-state index < -0.39 is 0 Å². The number of para-hydroxylation sites is 1. The lowest BCUT2D eigenvalue weighted by molar-refractivity contribution is 0.0934. The molecule has 4 aromatic rings. The van der Waals surface area contributed by atoms with Crippen molar-refractivity contribution >= 4 is 16.8 Å². The van der Waals surface area contributed by atoms with Crippen LogP contribution in [0, 0.1) is 0 Å². The largest absolute Gasteiger partial charge is 0.486 e. The fraction of sp³-hybridized carbons (Fsp3) is 0.143. The van der Waals surface area contributed by atoms with E-state index in [2.05, 4.69) is 18.8 Å². The van der Waals surface area contributed by atoms with Gasteiger partial charge in [-0.1, -0.05) is 98.4 Å². The topological polar surface area (TPSA) is 51.2 Å². The number of fused-ring (bicyclic) bond motifs is 1. The highest BCUT2D eigenvalue weighted by Gasteiger charge is 2.24. The number of pyridine rings is 1. The smallest absolute Gasteiger partial charge is 0.256 e. The van der Waals surface area contributed by atoms with Gasteiger partial charge < -0.3 is 10.1 Å². The summed E-state index contributed by atoms with van der Waals surface area (Å²) >= 11 is 0. The zero-order chi connectivity index (χ0) is 22.3. The zero-order valence-electron chi connectivity index (χ0n) is 18.1. The molecule has 4 heteroatoms. The van der Waals surface area contributed by atoms with Gasteiger partial charge in [-0.25, -0.2) is 4.98 Å². The molecular formula is C28H26N2O2. The predicted octanol–water partition coefficient (Wildman–Crippen LogP) is 6.35. The molecular weight excluding hydrogens is 396 g/mol. The second kappa shape index (κ2) is 9.92. The second-order valence-electron chi connectivity index (χ2n) is 7.49. The highest BCUT2D eigenvalue weighted by molar-refractivity contribution is 6.10. The Morgan fingerprint density at radius 1 is 1.00 bits per heavy atom. The number of ether oxygens (including phenoxy) is 1. The van der Waals surface area contributed by atoms with Crippen LogP contribution in [-0.2, 0) is 0 Å². The Balaban J connectivity index is 1.88. The molecule has 32 heavy (non-hydrogen) atoms. The van der Waals surface area contributed by atoms with Crippen LogP contribution in [0.1, 0.15) is 35.3 Å². The molecule has 0 saturated heterocycles. The third-order valence-corrected chi connectivity index (χ3v) is 5.38. The third-order valence-electron chi connectivity index (χ3n) is 5.38. The number of carbonyl (C=O) groups excluding carboxylic acids is 1. The van der Waals surface area contributed by atoms with Gasteiger partial charge in [0.25, 0.3) is 5.91 Å². The van der Waals surface area contributed by atoms with E-state index in [1.54, 1.807) is 6.08 Å². The van der Waals surface area contributed by atoms with Gasteiger partial charge >= 0.3 is 0 Å². The summed E-state index contributed by atoms with van der Waals surface area (Å²) in [6.07, 6.45) is 2.44. The van der Waals surface area contributed by atoms with Crippen LogP contribution in [0.3, 0.4) is 0 Å². The summed E-state index contributed by atoms with van der Waals surface area (Å²) in [6, 6.07) is 27.4. The molecule has 1 aromatic heterocycles. The summed E-state index contributed by atoms with van der Waals surface area (Å²) in [5.41, 5.74) is 3.84. The quantitative estimate of drug-likeness (QED) is 0.337. The van der Waals surface area contributed by atoms with Crippen molar-refractivity contribution in [1.82, 2.24) is 10.3 Å². The molecule has 3 aromatic carbocycles. The van der Waals surface area contributed by atoms with E-state index in [1.807, 2.05) is 84.9 Å². The van der Waals surface area contributed by atoms with Gasteiger partial charge in [-0.3, -0.25) is 4.79 Å². The molecule has 0 radical (unpaired) electrons. The molecule has 0 bridgehead atoms. The minimum absolute atomic E-state index is 0.108. The number of nitrogens with zero attached hydrogens (tertiary/aromatic N) is 1. The van der Waals surface area contributed by atoms with E-state index >= 15 is 0 Å². The average Bonchev–Trinajstić information content (AvgIpc) is 2.86.